The van der Waals surface area contributed by atoms with Crippen LogP contribution in [0.2, 0.25) is 10.0 Å². The molecule has 1 N–H and O–H groups in total. The zero-order valence-corrected chi connectivity index (χ0v) is 23.1. The Morgan fingerprint density at radius 1 is 1.08 bits per heavy atom. The number of hydrogen-bond donors (Lipinski definition) is 1. The largest absolute Gasteiger partial charge is 0.417 e. The van der Waals surface area contributed by atoms with Gasteiger partial charge in [0.2, 0.25) is 21.8 Å². The van der Waals surface area contributed by atoms with Crippen molar-refractivity contribution in [1.29, 1.82) is 0 Å². The maximum Gasteiger partial charge on any atom is 0.417 e. The third kappa shape index (κ3) is 7.77. The number of anilines is 1. The predicted octanol–water partition coefficient (Wildman–Crippen LogP) is 5.25. The van der Waals surface area contributed by atoms with Crippen LogP contribution in [0.5, 0.6) is 0 Å². The average Bonchev–Trinajstić information content (AvgIpc) is 3.33. The van der Waals surface area contributed by atoms with Crippen molar-refractivity contribution in [3.63, 3.8) is 0 Å². The van der Waals surface area contributed by atoms with Crippen molar-refractivity contribution in [1.82, 2.24) is 10.2 Å². The molecule has 0 heterocycles. The molecule has 2 aromatic carbocycles. The van der Waals surface area contributed by atoms with E-state index >= 15 is 0 Å². The number of amides is 2. The smallest absolute Gasteiger partial charge is 0.352 e. The summed E-state index contributed by atoms with van der Waals surface area (Å²) in [7, 11) is -4.21. The molecular weight excluding hydrogens is 566 g/mol. The van der Waals surface area contributed by atoms with Crippen LogP contribution >= 0.6 is 23.2 Å². The van der Waals surface area contributed by atoms with Crippen LogP contribution in [0.15, 0.2) is 42.5 Å². The highest BCUT2D eigenvalue weighted by Crippen LogP contribution is 2.37. The van der Waals surface area contributed by atoms with E-state index in [2.05, 4.69) is 5.32 Å². The fourth-order valence-electron chi connectivity index (χ4n) is 4.26. The van der Waals surface area contributed by atoms with E-state index in [9.17, 15) is 31.2 Å². The lowest BCUT2D eigenvalue weighted by Gasteiger charge is -2.32. The number of alkyl halides is 3. The Morgan fingerprint density at radius 3 is 2.24 bits per heavy atom. The third-order valence-electron chi connectivity index (χ3n) is 6.36. The molecule has 2 aromatic rings. The molecule has 1 unspecified atom stereocenters. The first-order valence-corrected chi connectivity index (χ1v) is 14.5. The second-order valence-electron chi connectivity index (χ2n) is 9.25. The van der Waals surface area contributed by atoms with Gasteiger partial charge in [0.1, 0.15) is 12.6 Å². The molecule has 0 aromatic heterocycles. The van der Waals surface area contributed by atoms with Gasteiger partial charge in [0.05, 0.1) is 22.5 Å². The van der Waals surface area contributed by atoms with E-state index in [1.165, 1.54) is 11.8 Å². The highest BCUT2D eigenvalue weighted by molar-refractivity contribution is 7.92. The van der Waals surface area contributed by atoms with E-state index < -0.39 is 51.2 Å². The van der Waals surface area contributed by atoms with Crippen molar-refractivity contribution in [3.05, 3.63) is 63.6 Å². The molecule has 1 atom stereocenters. The molecule has 208 valence electrons. The lowest BCUT2D eigenvalue weighted by Crippen LogP contribution is -2.52. The van der Waals surface area contributed by atoms with Crippen molar-refractivity contribution in [2.75, 3.05) is 17.1 Å². The van der Waals surface area contributed by atoms with Gasteiger partial charge in [0.25, 0.3) is 0 Å². The quantitative estimate of drug-likeness (QED) is 0.430. The number of rotatable bonds is 9. The van der Waals surface area contributed by atoms with Gasteiger partial charge in [-0.1, -0.05) is 48.2 Å². The van der Waals surface area contributed by atoms with Gasteiger partial charge in [-0.05, 0) is 55.7 Å². The fourth-order valence-corrected chi connectivity index (χ4v) is 5.45. The SMILES string of the molecule is CC(C(=O)NC1CCCC1)N(Cc1ccc(Cl)cc1)C(=O)CN(c1ccc(Cl)c(C(F)(F)F)c1)S(C)(=O)=O. The summed E-state index contributed by atoms with van der Waals surface area (Å²) in [5.74, 6) is -1.18. The van der Waals surface area contributed by atoms with Gasteiger partial charge >= 0.3 is 6.18 Å². The monoisotopic (exact) mass is 593 g/mol. The van der Waals surface area contributed by atoms with Gasteiger partial charge in [-0.2, -0.15) is 13.2 Å². The Hall–Kier alpha value is -2.50. The first kappa shape index (κ1) is 30.0. The standard InChI is InChI=1S/C25H28Cl2F3N3O4S/c1-16(24(35)31-19-5-3-4-6-19)32(14-17-7-9-18(26)10-8-17)23(34)15-33(38(2,36)37)20-11-12-22(27)21(13-20)25(28,29)30/h7-13,16,19H,3-6,14-15H2,1-2H3,(H,31,35). The molecule has 2 amide bonds. The van der Waals surface area contributed by atoms with Crippen molar-refractivity contribution in [2.45, 2.75) is 57.4 Å². The Bertz CT molecular complexity index is 1270. The minimum atomic E-state index is -4.84. The minimum absolute atomic E-state index is 0.0141. The molecule has 3 rings (SSSR count). The van der Waals surface area contributed by atoms with Gasteiger partial charge in [-0.3, -0.25) is 13.9 Å². The molecule has 0 aliphatic heterocycles. The number of nitrogens with zero attached hydrogens (tertiary/aromatic N) is 2. The number of hydrogen-bond acceptors (Lipinski definition) is 4. The van der Waals surface area contributed by atoms with Crippen molar-refractivity contribution >= 4 is 50.7 Å². The van der Waals surface area contributed by atoms with Crippen LogP contribution in [0, 0.1) is 0 Å². The number of sulfonamides is 1. The number of benzene rings is 2. The maximum absolute atomic E-state index is 13.5. The minimum Gasteiger partial charge on any atom is -0.352 e. The van der Waals surface area contributed by atoms with Gasteiger partial charge in [-0.15, -0.1) is 0 Å². The summed E-state index contributed by atoms with van der Waals surface area (Å²) in [6, 6.07) is 8.13. The van der Waals surface area contributed by atoms with E-state index in [1.807, 2.05) is 0 Å². The molecule has 1 saturated carbocycles. The molecule has 1 aliphatic carbocycles. The van der Waals surface area contributed by atoms with Crippen molar-refractivity contribution < 1.29 is 31.2 Å². The van der Waals surface area contributed by atoms with E-state index in [4.69, 9.17) is 23.2 Å². The normalized spacial score (nSPS) is 15.2. The second-order valence-corrected chi connectivity index (χ2v) is 12.0. The molecule has 0 radical (unpaired) electrons. The summed E-state index contributed by atoms with van der Waals surface area (Å²) >= 11 is 11.6. The highest BCUT2D eigenvalue weighted by Gasteiger charge is 2.36. The highest BCUT2D eigenvalue weighted by atomic mass is 35.5. The molecule has 0 saturated heterocycles. The Kier molecular flexibility index (Phi) is 9.59. The first-order chi connectivity index (χ1) is 17.7. The number of nitrogens with one attached hydrogen (secondary N) is 1. The van der Waals surface area contributed by atoms with Gasteiger partial charge in [-0.25, -0.2) is 8.42 Å². The Labute approximate surface area is 229 Å². The zero-order chi connectivity index (χ0) is 28.3. The molecule has 1 aliphatic rings. The van der Waals surface area contributed by atoms with Gasteiger partial charge in [0.15, 0.2) is 0 Å². The molecular formula is C25H28Cl2F3N3O4S. The van der Waals surface area contributed by atoms with E-state index in [0.717, 1.165) is 44.1 Å². The van der Waals surface area contributed by atoms with Crippen LogP contribution in [0.1, 0.15) is 43.7 Å². The summed E-state index contributed by atoms with van der Waals surface area (Å²) in [5.41, 5.74) is -0.993. The molecule has 0 bridgehead atoms. The Morgan fingerprint density at radius 2 is 1.68 bits per heavy atom. The maximum atomic E-state index is 13.5. The van der Waals surface area contributed by atoms with Gasteiger partial charge in [0, 0.05) is 17.6 Å². The summed E-state index contributed by atoms with van der Waals surface area (Å²) in [4.78, 5) is 27.8. The number of halogens is 5. The molecule has 13 heteroatoms. The molecule has 1 fully saturated rings. The van der Waals surface area contributed by atoms with E-state index in [-0.39, 0.29) is 18.3 Å². The van der Waals surface area contributed by atoms with Crippen molar-refractivity contribution in [3.8, 4) is 0 Å². The number of carbonyl (C=O) groups excluding carboxylic acids is 2. The predicted molar refractivity (Wildman–Crippen MR) is 141 cm³/mol. The fraction of sp³-hybridized carbons (Fsp3) is 0.440. The lowest BCUT2D eigenvalue weighted by molar-refractivity contribution is -0.139. The first-order valence-electron chi connectivity index (χ1n) is 11.9. The van der Waals surface area contributed by atoms with E-state index in [0.29, 0.717) is 21.0 Å². The Balaban J connectivity index is 1.93. The molecule has 38 heavy (non-hydrogen) atoms. The van der Waals surface area contributed by atoms with Crippen LogP contribution < -0.4 is 9.62 Å². The van der Waals surface area contributed by atoms with Crippen molar-refractivity contribution in [2.24, 2.45) is 0 Å². The summed E-state index contributed by atoms with van der Waals surface area (Å²) < 4.78 is 66.1. The second kappa shape index (κ2) is 12.1. The zero-order valence-electron chi connectivity index (χ0n) is 20.8. The molecule has 0 spiro atoms. The summed E-state index contributed by atoms with van der Waals surface area (Å²) in [6.07, 6.45) is -0.448. The number of carbonyl (C=O) groups is 2. The van der Waals surface area contributed by atoms with Crippen LogP contribution in [-0.4, -0.2) is 50.0 Å². The molecule has 7 nitrogen and oxygen atoms in total. The topological polar surface area (TPSA) is 86.8 Å². The summed E-state index contributed by atoms with van der Waals surface area (Å²) in [6.45, 7) is 0.639. The van der Waals surface area contributed by atoms with E-state index in [1.54, 1.807) is 24.3 Å². The summed E-state index contributed by atoms with van der Waals surface area (Å²) in [5, 5.41) is 2.78. The average molecular weight is 594 g/mol. The van der Waals surface area contributed by atoms with Crippen LogP contribution in [0.4, 0.5) is 18.9 Å². The van der Waals surface area contributed by atoms with Crippen LogP contribution in [-0.2, 0) is 32.3 Å². The van der Waals surface area contributed by atoms with Gasteiger partial charge < -0.3 is 10.2 Å². The van der Waals surface area contributed by atoms with Crippen LogP contribution in [0.3, 0.4) is 0 Å². The van der Waals surface area contributed by atoms with Crippen LogP contribution in [0.25, 0.3) is 0 Å². The lowest BCUT2D eigenvalue weighted by atomic mass is 10.1. The third-order valence-corrected chi connectivity index (χ3v) is 8.08.